The predicted molar refractivity (Wildman–Crippen MR) is 113 cm³/mol. The van der Waals surface area contributed by atoms with E-state index in [9.17, 15) is 9.59 Å². The zero-order valence-electron chi connectivity index (χ0n) is 18.8. The fourth-order valence-corrected chi connectivity index (χ4v) is 2.60. The smallest absolute Gasteiger partial charge is 0.252 e. The van der Waals surface area contributed by atoms with Crippen LogP contribution in [0.5, 0.6) is 0 Å². The minimum absolute atomic E-state index is 0.147. The molecule has 10 nitrogen and oxygen atoms in total. The van der Waals surface area contributed by atoms with E-state index < -0.39 is 18.0 Å². The number of aliphatic hydroxyl groups is 1. The number of carbonyl (C=O) groups is 2. The molecular formula is C22H30N2O8. The van der Waals surface area contributed by atoms with E-state index in [-0.39, 0.29) is 23.9 Å². The molecule has 10 heteroatoms. The number of allylic oxidation sites excluding steroid dienone is 1. The molecule has 0 spiro atoms. The van der Waals surface area contributed by atoms with Crippen molar-refractivity contribution in [2.24, 2.45) is 0 Å². The average molecular weight is 450 g/mol. The van der Waals surface area contributed by atoms with Gasteiger partial charge in [-0.2, -0.15) is 0 Å². The molecule has 0 radical (unpaired) electrons. The largest absolute Gasteiger partial charge is 0.502 e. The first-order chi connectivity index (χ1) is 15.1. The van der Waals surface area contributed by atoms with Gasteiger partial charge in [0.1, 0.15) is 23.6 Å². The van der Waals surface area contributed by atoms with E-state index in [0.29, 0.717) is 11.5 Å². The van der Waals surface area contributed by atoms with Crippen LogP contribution in [0.1, 0.15) is 44.4 Å². The fourth-order valence-electron chi connectivity index (χ4n) is 2.60. The Morgan fingerprint density at radius 3 is 1.88 bits per heavy atom. The van der Waals surface area contributed by atoms with Crippen LogP contribution in [0.3, 0.4) is 0 Å². The van der Waals surface area contributed by atoms with Crippen molar-refractivity contribution in [3.63, 3.8) is 0 Å². The van der Waals surface area contributed by atoms with Crippen molar-refractivity contribution >= 4 is 11.8 Å². The highest BCUT2D eigenvalue weighted by molar-refractivity contribution is 5.88. The molecule has 0 aliphatic carbocycles. The van der Waals surface area contributed by atoms with Crippen LogP contribution in [0.25, 0.3) is 0 Å². The number of methoxy groups -OCH3 is 2. The van der Waals surface area contributed by atoms with E-state index in [4.69, 9.17) is 23.4 Å². The van der Waals surface area contributed by atoms with Crippen molar-refractivity contribution in [1.29, 1.82) is 0 Å². The number of ether oxygens (including phenoxy) is 3. The number of nitrogens with one attached hydrogen (secondary N) is 2. The number of hydrogen-bond donors (Lipinski definition) is 3. The maximum absolute atomic E-state index is 11.4. The second kappa shape index (κ2) is 11.0. The summed E-state index contributed by atoms with van der Waals surface area (Å²) in [5.41, 5.74) is 0. The molecule has 176 valence electrons. The molecule has 2 aliphatic heterocycles. The average Bonchev–Trinajstić information content (AvgIpc) is 3.49. The first kappa shape index (κ1) is 25.2. The quantitative estimate of drug-likeness (QED) is 0.347. The van der Waals surface area contributed by atoms with Gasteiger partial charge in [0.2, 0.25) is 0 Å². The lowest BCUT2D eigenvalue weighted by Crippen LogP contribution is -2.59. The summed E-state index contributed by atoms with van der Waals surface area (Å²) in [5.74, 6) is 0.768. The summed E-state index contributed by atoms with van der Waals surface area (Å²) >= 11 is 0. The van der Waals surface area contributed by atoms with Gasteiger partial charge in [0.25, 0.3) is 11.8 Å². The Bertz CT molecular complexity index is 876. The Labute approximate surface area is 186 Å². The maximum atomic E-state index is 11.4. The SMILES string of the molecule is C=C(C)OC.COC(C)(C)O[C@H]1C(=O)N[C@H]1c1ccco1.O=C1N[C@@H](c2ccco2)[C@H]1O. The summed E-state index contributed by atoms with van der Waals surface area (Å²) in [4.78, 5) is 21.9. The van der Waals surface area contributed by atoms with E-state index in [2.05, 4.69) is 21.9 Å². The summed E-state index contributed by atoms with van der Waals surface area (Å²) in [6, 6.07) is 6.44. The van der Waals surface area contributed by atoms with E-state index in [1.54, 1.807) is 65.5 Å². The van der Waals surface area contributed by atoms with E-state index in [1.807, 2.05) is 0 Å². The third kappa shape index (κ3) is 6.46. The van der Waals surface area contributed by atoms with Gasteiger partial charge in [-0.25, -0.2) is 0 Å². The molecule has 2 amide bonds. The second-order valence-corrected chi connectivity index (χ2v) is 7.50. The highest BCUT2D eigenvalue weighted by Gasteiger charge is 2.46. The molecule has 3 N–H and O–H groups in total. The van der Waals surface area contributed by atoms with Crippen molar-refractivity contribution in [3.8, 4) is 0 Å². The van der Waals surface area contributed by atoms with E-state index >= 15 is 0 Å². The van der Waals surface area contributed by atoms with Crippen LogP contribution in [0.15, 0.2) is 58.0 Å². The van der Waals surface area contributed by atoms with Crippen molar-refractivity contribution in [2.45, 2.75) is 50.8 Å². The third-order valence-electron chi connectivity index (χ3n) is 4.69. The van der Waals surface area contributed by atoms with Gasteiger partial charge in [-0.3, -0.25) is 9.59 Å². The first-order valence-corrected chi connectivity index (χ1v) is 9.87. The van der Waals surface area contributed by atoms with Crippen molar-refractivity contribution in [3.05, 3.63) is 60.7 Å². The molecule has 2 saturated heterocycles. The Morgan fingerprint density at radius 1 is 1.03 bits per heavy atom. The minimum Gasteiger partial charge on any atom is -0.502 e. The standard InChI is InChI=1S/C11H15NO4.C7H7NO3.C4H8O/c1-11(2,14-3)16-9-8(12-10(9)13)7-5-4-6-15-7;9-6-5(8-7(6)10)4-2-1-3-11-4;1-4(2)5-3/h4-6,8-9H,1-3H3,(H,12,13);1-3,5-6,9H,(H,8,10);1H2,2-3H3/t8-,9+;5-,6+;/m00./s1. The molecule has 0 bridgehead atoms. The highest BCUT2D eigenvalue weighted by Crippen LogP contribution is 2.30. The number of β-lactam (4-membered cyclic amide) rings is 2. The normalized spacial score (nSPS) is 23.7. The number of rotatable bonds is 6. The molecular weight excluding hydrogens is 420 g/mol. The van der Waals surface area contributed by atoms with Gasteiger partial charge in [0.15, 0.2) is 18.0 Å². The topological polar surface area (TPSA) is 132 Å². The van der Waals surface area contributed by atoms with Crippen LogP contribution in [0.2, 0.25) is 0 Å². The van der Waals surface area contributed by atoms with Crippen LogP contribution in [0.4, 0.5) is 0 Å². The van der Waals surface area contributed by atoms with Crippen molar-refractivity contribution in [2.75, 3.05) is 14.2 Å². The summed E-state index contributed by atoms with van der Waals surface area (Å²) in [7, 11) is 3.14. The fraction of sp³-hybridized carbons (Fsp3) is 0.455. The maximum Gasteiger partial charge on any atom is 0.252 e. The molecule has 4 heterocycles. The van der Waals surface area contributed by atoms with Crippen molar-refractivity contribution in [1.82, 2.24) is 10.6 Å². The summed E-state index contributed by atoms with van der Waals surface area (Å²) in [6.07, 6.45) is 1.58. The highest BCUT2D eigenvalue weighted by atomic mass is 16.7. The van der Waals surface area contributed by atoms with Crippen LogP contribution < -0.4 is 10.6 Å². The molecule has 0 unspecified atom stereocenters. The third-order valence-corrected chi connectivity index (χ3v) is 4.69. The molecule has 2 aliphatic rings. The van der Waals surface area contributed by atoms with Crippen LogP contribution >= 0.6 is 0 Å². The summed E-state index contributed by atoms with van der Waals surface area (Å²) < 4.78 is 25.5. The van der Waals surface area contributed by atoms with Gasteiger partial charge >= 0.3 is 0 Å². The van der Waals surface area contributed by atoms with E-state index in [0.717, 1.165) is 5.76 Å². The Kier molecular flexibility index (Phi) is 8.64. The second-order valence-electron chi connectivity index (χ2n) is 7.50. The number of furan rings is 2. The summed E-state index contributed by atoms with van der Waals surface area (Å²) in [5, 5.41) is 14.3. The van der Waals surface area contributed by atoms with Gasteiger partial charge in [-0.15, -0.1) is 0 Å². The molecule has 2 aromatic rings. The number of amides is 2. The Morgan fingerprint density at radius 2 is 1.53 bits per heavy atom. The molecule has 0 aromatic carbocycles. The lowest BCUT2D eigenvalue weighted by Gasteiger charge is -2.39. The first-order valence-electron chi connectivity index (χ1n) is 9.87. The molecule has 32 heavy (non-hydrogen) atoms. The lowest BCUT2D eigenvalue weighted by molar-refractivity contribution is -0.239. The molecule has 2 aromatic heterocycles. The van der Waals surface area contributed by atoms with Crippen LogP contribution in [-0.2, 0) is 23.8 Å². The zero-order valence-corrected chi connectivity index (χ0v) is 18.8. The number of carbonyl (C=O) groups excluding carboxylic acids is 2. The van der Waals surface area contributed by atoms with Gasteiger partial charge in [0, 0.05) is 7.11 Å². The van der Waals surface area contributed by atoms with Crippen LogP contribution in [-0.4, -0.2) is 49.1 Å². The van der Waals surface area contributed by atoms with Gasteiger partial charge in [-0.05, 0) is 45.0 Å². The number of aliphatic hydroxyl groups excluding tert-OH is 1. The Hall–Kier alpha value is -3.08. The number of hydrogen-bond acceptors (Lipinski definition) is 8. The Balaban J connectivity index is 0.000000196. The van der Waals surface area contributed by atoms with Gasteiger partial charge in [-0.1, -0.05) is 6.58 Å². The molecule has 4 atom stereocenters. The summed E-state index contributed by atoms with van der Waals surface area (Å²) in [6.45, 7) is 8.78. The minimum atomic E-state index is -0.943. The predicted octanol–water partition coefficient (Wildman–Crippen LogP) is 2.20. The van der Waals surface area contributed by atoms with Crippen LogP contribution in [0, 0.1) is 0 Å². The molecule has 2 fully saturated rings. The van der Waals surface area contributed by atoms with E-state index in [1.165, 1.54) is 6.26 Å². The zero-order chi connectivity index (χ0) is 23.9. The monoisotopic (exact) mass is 450 g/mol. The lowest BCUT2D eigenvalue weighted by atomic mass is 9.99. The van der Waals surface area contributed by atoms with Gasteiger partial charge < -0.3 is 38.8 Å². The van der Waals surface area contributed by atoms with Gasteiger partial charge in [0.05, 0.1) is 25.4 Å². The molecule has 0 saturated carbocycles. The van der Waals surface area contributed by atoms with Crippen molar-refractivity contribution < 1.29 is 37.7 Å². The molecule has 4 rings (SSSR count).